The van der Waals surface area contributed by atoms with Crippen molar-refractivity contribution in [1.82, 2.24) is 0 Å². The zero-order chi connectivity index (χ0) is 12.7. The summed E-state index contributed by atoms with van der Waals surface area (Å²) in [7, 11) is 0. The molecule has 19 heavy (non-hydrogen) atoms. The summed E-state index contributed by atoms with van der Waals surface area (Å²) >= 11 is 0. The lowest BCUT2D eigenvalue weighted by Gasteiger charge is -2.01. The van der Waals surface area contributed by atoms with E-state index in [1.54, 1.807) is 0 Å². The van der Waals surface area contributed by atoms with E-state index in [1.165, 1.54) is 33.0 Å². The first-order valence-electron chi connectivity index (χ1n) is 6.68. The van der Waals surface area contributed by atoms with E-state index in [1.807, 2.05) is 0 Å². The Kier molecular flexibility index (Phi) is 2.28. The molecule has 1 aliphatic carbocycles. The molecule has 0 fully saturated rings. The number of allylic oxidation sites excluding steroid dienone is 1. The predicted molar refractivity (Wildman–Crippen MR) is 82.0 cm³/mol. The van der Waals surface area contributed by atoms with Crippen molar-refractivity contribution in [3.63, 3.8) is 0 Å². The van der Waals surface area contributed by atoms with Gasteiger partial charge in [-0.15, -0.1) is 0 Å². The van der Waals surface area contributed by atoms with Gasteiger partial charge in [-0.2, -0.15) is 0 Å². The molecule has 0 heterocycles. The molecule has 0 N–H and O–H groups in total. The normalized spacial score (nSPS) is 15.3. The number of benzene rings is 3. The van der Waals surface area contributed by atoms with Crippen molar-refractivity contribution in [2.75, 3.05) is 0 Å². The monoisotopic (exact) mass is 242 g/mol. The lowest BCUT2D eigenvalue weighted by atomic mass is 10.0. The van der Waals surface area contributed by atoms with E-state index in [-0.39, 0.29) is 0 Å². The van der Waals surface area contributed by atoms with Gasteiger partial charge >= 0.3 is 0 Å². The minimum absolute atomic E-state index is 1.05. The van der Waals surface area contributed by atoms with Crippen LogP contribution in [0.5, 0.6) is 0 Å². The fourth-order valence-electron chi connectivity index (χ4n) is 3.01. The van der Waals surface area contributed by atoms with E-state index < -0.39 is 0 Å². The maximum absolute atomic E-state index is 2.31. The molecule has 0 unspecified atom stereocenters. The van der Waals surface area contributed by atoms with Gasteiger partial charge < -0.3 is 0 Å². The molecule has 0 saturated heterocycles. The van der Waals surface area contributed by atoms with Gasteiger partial charge in [0.1, 0.15) is 0 Å². The fourth-order valence-corrected chi connectivity index (χ4v) is 3.01. The summed E-state index contributed by atoms with van der Waals surface area (Å²) < 4.78 is 0. The van der Waals surface area contributed by atoms with Crippen molar-refractivity contribution in [1.29, 1.82) is 0 Å². The minimum Gasteiger partial charge on any atom is -0.0622 e. The molecule has 0 nitrogen and oxygen atoms in total. The molecule has 0 aliphatic heterocycles. The Labute approximate surface area is 113 Å². The summed E-state index contributed by atoms with van der Waals surface area (Å²) in [4.78, 5) is 0. The molecular weight excluding hydrogens is 228 g/mol. The lowest BCUT2D eigenvalue weighted by Crippen LogP contribution is -1.80. The van der Waals surface area contributed by atoms with Crippen molar-refractivity contribution >= 4 is 22.4 Å². The van der Waals surface area contributed by atoms with Crippen LogP contribution in [0.3, 0.4) is 0 Å². The molecular formula is C19H14. The molecule has 4 rings (SSSR count). The van der Waals surface area contributed by atoms with Gasteiger partial charge in [-0.05, 0) is 39.5 Å². The van der Waals surface area contributed by atoms with E-state index in [9.17, 15) is 0 Å². The highest BCUT2D eigenvalue weighted by Crippen LogP contribution is 2.38. The van der Waals surface area contributed by atoms with Crippen LogP contribution in [0.4, 0.5) is 0 Å². The van der Waals surface area contributed by atoms with Gasteiger partial charge in [0.05, 0.1) is 0 Å². The van der Waals surface area contributed by atoms with Crippen molar-refractivity contribution in [3.8, 4) is 0 Å². The Bertz CT molecular complexity index is 774. The molecule has 0 heteroatoms. The number of rotatable bonds is 1. The molecule has 1 aliphatic rings. The van der Waals surface area contributed by atoms with Crippen LogP contribution in [-0.4, -0.2) is 0 Å². The summed E-state index contributed by atoms with van der Waals surface area (Å²) in [5, 5.41) is 2.79. The Morgan fingerprint density at radius 2 is 1.53 bits per heavy atom. The minimum atomic E-state index is 1.05. The molecule has 3 aromatic rings. The van der Waals surface area contributed by atoms with Gasteiger partial charge in [0.15, 0.2) is 0 Å². The van der Waals surface area contributed by atoms with Crippen LogP contribution in [0.2, 0.25) is 0 Å². The van der Waals surface area contributed by atoms with Crippen molar-refractivity contribution < 1.29 is 0 Å². The summed E-state index contributed by atoms with van der Waals surface area (Å²) in [6.07, 6.45) is 3.36. The van der Waals surface area contributed by atoms with E-state index in [2.05, 4.69) is 72.8 Å². The molecule has 0 saturated carbocycles. The highest BCUT2D eigenvalue weighted by Gasteiger charge is 2.17. The Morgan fingerprint density at radius 1 is 0.737 bits per heavy atom. The Morgan fingerprint density at radius 3 is 2.37 bits per heavy atom. The predicted octanol–water partition coefficient (Wildman–Crippen LogP) is 4.94. The summed E-state index contributed by atoms with van der Waals surface area (Å²) in [6, 6.07) is 23.8. The smallest absolute Gasteiger partial charge is 0.00130 e. The molecule has 90 valence electrons. The zero-order valence-electron chi connectivity index (χ0n) is 10.6. The standard InChI is InChI=1S/C19H14/c1-2-6-14(7-3-1)12-17-13-16-10-4-8-15-9-5-11-18(17)19(15)16/h1-12H,13H2. The highest BCUT2D eigenvalue weighted by molar-refractivity contribution is 6.04. The SMILES string of the molecule is C(=C1Cc2cccc3cccc1c23)c1ccccc1. The van der Waals surface area contributed by atoms with E-state index in [4.69, 9.17) is 0 Å². The Balaban J connectivity index is 1.93. The third-order valence-electron chi connectivity index (χ3n) is 3.86. The van der Waals surface area contributed by atoms with Crippen LogP contribution in [0.1, 0.15) is 16.7 Å². The summed E-state index contributed by atoms with van der Waals surface area (Å²) in [6.45, 7) is 0. The highest BCUT2D eigenvalue weighted by atomic mass is 14.2. The third kappa shape index (κ3) is 1.68. The van der Waals surface area contributed by atoms with Crippen LogP contribution in [-0.2, 0) is 6.42 Å². The second kappa shape index (κ2) is 4.10. The van der Waals surface area contributed by atoms with Gasteiger partial charge in [0.25, 0.3) is 0 Å². The van der Waals surface area contributed by atoms with Gasteiger partial charge in [-0.25, -0.2) is 0 Å². The number of hydrogen-bond acceptors (Lipinski definition) is 0. The van der Waals surface area contributed by atoms with E-state index in [0.717, 1.165) is 6.42 Å². The van der Waals surface area contributed by atoms with Gasteiger partial charge in [-0.1, -0.05) is 72.8 Å². The first-order valence-corrected chi connectivity index (χ1v) is 6.68. The summed E-state index contributed by atoms with van der Waals surface area (Å²) in [5.74, 6) is 0. The quantitative estimate of drug-likeness (QED) is 0.567. The first kappa shape index (κ1) is 10.6. The largest absolute Gasteiger partial charge is 0.0622 e. The van der Waals surface area contributed by atoms with Crippen molar-refractivity contribution in [2.24, 2.45) is 0 Å². The molecule has 0 radical (unpaired) electrons. The van der Waals surface area contributed by atoms with Gasteiger partial charge in [0, 0.05) is 0 Å². The fraction of sp³-hybridized carbons (Fsp3) is 0.0526. The van der Waals surface area contributed by atoms with Crippen LogP contribution in [0.15, 0.2) is 66.7 Å². The number of hydrogen-bond donors (Lipinski definition) is 0. The summed E-state index contributed by atoms with van der Waals surface area (Å²) in [5.41, 5.74) is 5.56. The van der Waals surface area contributed by atoms with Crippen LogP contribution >= 0.6 is 0 Å². The van der Waals surface area contributed by atoms with Gasteiger partial charge in [-0.3, -0.25) is 0 Å². The molecule has 0 spiro atoms. The lowest BCUT2D eigenvalue weighted by molar-refractivity contribution is 1.38. The molecule has 0 bridgehead atoms. The van der Waals surface area contributed by atoms with Crippen LogP contribution < -0.4 is 0 Å². The maximum Gasteiger partial charge on any atom is -0.00130 e. The average Bonchev–Trinajstić information content (AvgIpc) is 2.81. The second-order valence-electron chi connectivity index (χ2n) is 5.08. The third-order valence-corrected chi connectivity index (χ3v) is 3.86. The zero-order valence-corrected chi connectivity index (χ0v) is 10.6. The van der Waals surface area contributed by atoms with Crippen LogP contribution in [0.25, 0.3) is 22.4 Å². The van der Waals surface area contributed by atoms with Gasteiger partial charge in [0.2, 0.25) is 0 Å². The van der Waals surface area contributed by atoms with Crippen LogP contribution in [0, 0.1) is 0 Å². The topological polar surface area (TPSA) is 0 Å². The molecule has 0 atom stereocenters. The van der Waals surface area contributed by atoms with E-state index >= 15 is 0 Å². The van der Waals surface area contributed by atoms with Crippen molar-refractivity contribution in [3.05, 3.63) is 83.4 Å². The Hall–Kier alpha value is -2.34. The molecule has 3 aromatic carbocycles. The van der Waals surface area contributed by atoms with Crippen molar-refractivity contribution in [2.45, 2.75) is 6.42 Å². The first-order chi connectivity index (χ1) is 9.42. The van der Waals surface area contributed by atoms with E-state index in [0.29, 0.717) is 0 Å². The second-order valence-corrected chi connectivity index (χ2v) is 5.08. The average molecular weight is 242 g/mol. The molecule has 0 amide bonds. The molecule has 0 aromatic heterocycles. The maximum atomic E-state index is 2.31.